The number of halogens is 1. The van der Waals surface area contributed by atoms with Crippen LogP contribution in [0.2, 0.25) is 0 Å². The van der Waals surface area contributed by atoms with Gasteiger partial charge in [0.2, 0.25) is 5.95 Å². The Morgan fingerprint density at radius 1 is 1.28 bits per heavy atom. The van der Waals surface area contributed by atoms with Crippen LogP contribution in [-0.2, 0) is 0 Å². The Morgan fingerprint density at radius 2 is 2.00 bits per heavy atom. The predicted octanol–water partition coefficient (Wildman–Crippen LogP) is 2.99. The molecule has 1 saturated heterocycles. The highest BCUT2D eigenvalue weighted by Gasteiger charge is 2.30. The molecule has 2 aliphatic rings. The summed E-state index contributed by atoms with van der Waals surface area (Å²) in [5.41, 5.74) is 1.27. The Balaban J connectivity index is 1.97. The molecule has 3 rings (SSSR count). The molecular weight excluding hydrogens is 339 g/mol. The van der Waals surface area contributed by atoms with Gasteiger partial charge in [0.05, 0.1) is 9.26 Å². The Kier molecular flexibility index (Phi) is 3.59. The lowest BCUT2D eigenvalue weighted by Crippen LogP contribution is -2.22. The summed E-state index contributed by atoms with van der Waals surface area (Å²) in [5, 5.41) is 3.38. The number of hydrogen-bond acceptors (Lipinski definition) is 4. The Bertz CT molecular complexity index is 439. The maximum Gasteiger partial charge on any atom is 0.227 e. The number of anilines is 2. The van der Waals surface area contributed by atoms with Crippen LogP contribution in [-0.4, -0.2) is 29.6 Å². The third-order valence-electron chi connectivity index (χ3n) is 3.56. The van der Waals surface area contributed by atoms with Gasteiger partial charge in [0.1, 0.15) is 5.82 Å². The highest BCUT2D eigenvalue weighted by molar-refractivity contribution is 14.1. The van der Waals surface area contributed by atoms with Crippen LogP contribution >= 0.6 is 22.6 Å². The molecule has 1 N–H and O–H groups in total. The molecule has 1 aliphatic carbocycles. The van der Waals surface area contributed by atoms with Gasteiger partial charge in [0.15, 0.2) is 0 Å². The van der Waals surface area contributed by atoms with Crippen LogP contribution in [0.25, 0.3) is 0 Å². The van der Waals surface area contributed by atoms with Gasteiger partial charge in [-0.1, -0.05) is 0 Å². The minimum atomic E-state index is 0.679. The van der Waals surface area contributed by atoms with Gasteiger partial charge in [0, 0.05) is 25.6 Å². The summed E-state index contributed by atoms with van der Waals surface area (Å²) in [6.45, 7) is 5.24. The van der Waals surface area contributed by atoms with Crippen molar-refractivity contribution >= 4 is 34.4 Å². The smallest absolute Gasteiger partial charge is 0.227 e. The van der Waals surface area contributed by atoms with Gasteiger partial charge in [-0.2, -0.15) is 4.98 Å². The lowest BCUT2D eigenvalue weighted by atomic mass is 10.3. The van der Waals surface area contributed by atoms with Crippen LogP contribution in [0.15, 0.2) is 0 Å². The summed E-state index contributed by atoms with van der Waals surface area (Å²) in [4.78, 5) is 11.9. The largest absolute Gasteiger partial charge is 0.369 e. The Hall–Kier alpha value is -0.590. The average Bonchev–Trinajstić information content (AvgIpc) is 3.06. The lowest BCUT2D eigenvalue weighted by Gasteiger charge is -2.18. The van der Waals surface area contributed by atoms with E-state index >= 15 is 0 Å². The highest BCUT2D eigenvalue weighted by Crippen LogP contribution is 2.43. The highest BCUT2D eigenvalue weighted by atomic mass is 127. The van der Waals surface area contributed by atoms with Crippen LogP contribution in [0.5, 0.6) is 0 Å². The molecule has 0 atom stereocenters. The molecule has 5 heteroatoms. The third-order valence-corrected chi connectivity index (χ3v) is 4.63. The van der Waals surface area contributed by atoms with Gasteiger partial charge in [-0.05, 0) is 55.2 Å². The first-order chi connectivity index (χ1) is 8.79. The Labute approximate surface area is 122 Å². The maximum absolute atomic E-state index is 4.83. The number of hydrogen-bond donors (Lipinski definition) is 1. The van der Waals surface area contributed by atoms with E-state index in [0.29, 0.717) is 5.92 Å². The van der Waals surface area contributed by atoms with Gasteiger partial charge in [-0.15, -0.1) is 0 Å². The first-order valence-corrected chi connectivity index (χ1v) is 7.93. The molecular formula is C13H19IN4. The topological polar surface area (TPSA) is 41.1 Å². The molecule has 1 aromatic heterocycles. The van der Waals surface area contributed by atoms with E-state index in [1.165, 1.54) is 34.9 Å². The van der Waals surface area contributed by atoms with Gasteiger partial charge >= 0.3 is 0 Å². The summed E-state index contributed by atoms with van der Waals surface area (Å²) in [7, 11) is 0. The van der Waals surface area contributed by atoms with Crippen molar-refractivity contribution in [2.75, 3.05) is 29.9 Å². The van der Waals surface area contributed by atoms with E-state index in [2.05, 4.69) is 39.7 Å². The summed E-state index contributed by atoms with van der Waals surface area (Å²) < 4.78 is 1.22. The van der Waals surface area contributed by atoms with E-state index in [4.69, 9.17) is 9.97 Å². The van der Waals surface area contributed by atoms with Crippen LogP contribution in [0.3, 0.4) is 0 Å². The van der Waals surface area contributed by atoms with E-state index in [1.807, 2.05) is 0 Å². The molecule has 2 heterocycles. The second kappa shape index (κ2) is 5.19. The maximum atomic E-state index is 4.83. The van der Waals surface area contributed by atoms with E-state index in [1.54, 1.807) is 0 Å². The molecule has 0 radical (unpaired) electrons. The van der Waals surface area contributed by atoms with Crippen molar-refractivity contribution in [1.29, 1.82) is 0 Å². The van der Waals surface area contributed by atoms with E-state index in [-0.39, 0.29) is 0 Å². The van der Waals surface area contributed by atoms with Gasteiger partial charge in [-0.3, -0.25) is 0 Å². The second-order valence-corrected chi connectivity index (χ2v) is 6.15. The van der Waals surface area contributed by atoms with Crippen molar-refractivity contribution in [3.05, 3.63) is 9.26 Å². The zero-order valence-electron chi connectivity index (χ0n) is 10.7. The predicted molar refractivity (Wildman–Crippen MR) is 82.3 cm³/mol. The SMILES string of the molecule is CCNc1nc(N2CCCC2)nc(C2CC2)c1I. The fourth-order valence-corrected chi connectivity index (χ4v) is 3.29. The number of aromatic nitrogens is 2. The summed E-state index contributed by atoms with van der Waals surface area (Å²) in [6, 6.07) is 0. The molecule has 18 heavy (non-hydrogen) atoms. The standard InChI is InChI=1S/C13H19IN4/c1-2-15-12-10(14)11(9-5-6-9)16-13(17-12)18-7-3-4-8-18/h9H,2-8H2,1H3,(H,15,16,17). The van der Waals surface area contributed by atoms with Crippen molar-refractivity contribution in [1.82, 2.24) is 9.97 Å². The van der Waals surface area contributed by atoms with Crippen molar-refractivity contribution < 1.29 is 0 Å². The molecule has 0 aromatic carbocycles. The molecule has 0 unspecified atom stereocenters. The number of nitrogens with one attached hydrogen (secondary N) is 1. The molecule has 1 aliphatic heterocycles. The van der Waals surface area contributed by atoms with E-state index < -0.39 is 0 Å². The zero-order valence-corrected chi connectivity index (χ0v) is 12.9. The fourth-order valence-electron chi connectivity index (χ4n) is 2.42. The summed E-state index contributed by atoms with van der Waals surface area (Å²) in [5.74, 6) is 2.64. The minimum Gasteiger partial charge on any atom is -0.369 e. The van der Waals surface area contributed by atoms with Crippen molar-refractivity contribution in [3.63, 3.8) is 0 Å². The molecule has 98 valence electrons. The van der Waals surface area contributed by atoms with Gasteiger partial charge in [0.25, 0.3) is 0 Å². The van der Waals surface area contributed by atoms with Crippen LogP contribution in [0, 0.1) is 3.57 Å². The molecule has 1 saturated carbocycles. The number of nitrogens with zero attached hydrogens (tertiary/aromatic N) is 3. The van der Waals surface area contributed by atoms with E-state index in [0.717, 1.165) is 31.4 Å². The molecule has 0 bridgehead atoms. The van der Waals surface area contributed by atoms with Crippen LogP contribution in [0.1, 0.15) is 44.2 Å². The first-order valence-electron chi connectivity index (χ1n) is 6.86. The molecule has 1 aromatic rings. The van der Waals surface area contributed by atoms with E-state index in [9.17, 15) is 0 Å². The summed E-state index contributed by atoms with van der Waals surface area (Å²) in [6.07, 6.45) is 5.12. The average molecular weight is 358 g/mol. The summed E-state index contributed by atoms with van der Waals surface area (Å²) >= 11 is 2.39. The van der Waals surface area contributed by atoms with Crippen molar-refractivity contribution in [2.45, 2.75) is 38.5 Å². The molecule has 0 spiro atoms. The normalized spacial score (nSPS) is 19.3. The first kappa shape index (κ1) is 12.4. The molecule has 2 fully saturated rings. The molecule has 4 nitrogen and oxygen atoms in total. The Morgan fingerprint density at radius 3 is 2.61 bits per heavy atom. The van der Waals surface area contributed by atoms with Crippen molar-refractivity contribution in [2.24, 2.45) is 0 Å². The van der Waals surface area contributed by atoms with Crippen LogP contribution < -0.4 is 10.2 Å². The molecule has 0 amide bonds. The van der Waals surface area contributed by atoms with Gasteiger partial charge < -0.3 is 10.2 Å². The second-order valence-electron chi connectivity index (χ2n) is 5.07. The number of rotatable bonds is 4. The van der Waals surface area contributed by atoms with Crippen LogP contribution in [0.4, 0.5) is 11.8 Å². The van der Waals surface area contributed by atoms with Crippen molar-refractivity contribution in [3.8, 4) is 0 Å². The zero-order chi connectivity index (χ0) is 12.5. The monoisotopic (exact) mass is 358 g/mol. The van der Waals surface area contributed by atoms with Gasteiger partial charge in [-0.25, -0.2) is 4.98 Å². The third kappa shape index (κ3) is 2.41. The fraction of sp³-hybridized carbons (Fsp3) is 0.692. The lowest BCUT2D eigenvalue weighted by molar-refractivity contribution is 0.865. The minimum absolute atomic E-state index is 0.679. The quantitative estimate of drug-likeness (QED) is 0.841.